The number of amides is 4. The average Bonchev–Trinajstić information content (AvgIpc) is 3.52. The molecule has 3 fully saturated rings. The summed E-state index contributed by atoms with van der Waals surface area (Å²) in [5, 5.41) is 10.8. The molecule has 3 aliphatic rings. The van der Waals surface area contributed by atoms with Gasteiger partial charge in [-0.2, -0.15) is 49.6 Å². The van der Waals surface area contributed by atoms with Gasteiger partial charge in [0, 0.05) is 72.7 Å². The van der Waals surface area contributed by atoms with Crippen molar-refractivity contribution in [2.75, 3.05) is 42.6 Å². The molecule has 0 spiro atoms. The number of allylic oxidation sites excluding steroid dienone is 3. The van der Waals surface area contributed by atoms with E-state index in [4.69, 9.17) is 9.47 Å². The van der Waals surface area contributed by atoms with E-state index in [1.54, 1.807) is 58.9 Å². The lowest BCUT2D eigenvalue weighted by Crippen LogP contribution is -2.50. The van der Waals surface area contributed by atoms with E-state index in [1.165, 1.54) is 37.5 Å². The number of hydrogen-bond acceptors (Lipinski definition) is 17. The molecule has 0 aromatic carbocycles. The Hall–Kier alpha value is -3.92. The highest BCUT2D eigenvalue weighted by molar-refractivity contribution is 8.00. The van der Waals surface area contributed by atoms with Crippen LogP contribution in [0.2, 0.25) is 0 Å². The zero-order valence-electron chi connectivity index (χ0n) is 49.2. The van der Waals surface area contributed by atoms with Crippen LogP contribution in [0.4, 0.5) is 0 Å². The maximum absolute atomic E-state index is 13.2. The van der Waals surface area contributed by atoms with Gasteiger partial charge in [0.2, 0.25) is 23.6 Å². The van der Waals surface area contributed by atoms with Gasteiger partial charge in [-0.05, 0) is 86.7 Å². The summed E-state index contributed by atoms with van der Waals surface area (Å²) in [4.78, 5) is 133. The van der Waals surface area contributed by atoms with Crippen LogP contribution in [0.25, 0.3) is 0 Å². The Morgan fingerprint density at radius 3 is 1.42 bits per heavy atom. The summed E-state index contributed by atoms with van der Waals surface area (Å²) in [5.74, 6) is -5.36. The first kappa shape index (κ1) is 79.1. The number of carbonyl (C=O) groups excluding carboxylic acids is 10. The SMILES string of the molecule is C.C.C/C=C1\CC(=O)[C@@H](CS)NC(=O)[C@@H](C(C)C)CC(=O)C[C@@H](/C=C/CCS)OC(=O)[C@H](C(C)C)NC1=O.CC1SC[C@H]2NC(=O)[C@@H](C(C)C)CC(=O)C[C@@H](/C=C/CCS)OC(=O)[C@H](C(C)C)NC(=O)C1CC2=O.CCN(CC)CC. The lowest BCUT2D eigenvalue weighted by atomic mass is 9.88. The van der Waals surface area contributed by atoms with Crippen LogP contribution in [0.1, 0.15) is 156 Å². The Kier molecular flexibility index (Phi) is 41.0. The van der Waals surface area contributed by atoms with Gasteiger partial charge in [-0.25, -0.2) is 9.59 Å². The molecular weight excluding hydrogens is 1110 g/mol. The number of nitrogens with one attached hydrogen (secondary N) is 4. The number of fused-ring (bicyclic) bond motifs is 3. The summed E-state index contributed by atoms with van der Waals surface area (Å²) < 4.78 is 11.4. The second-order valence-electron chi connectivity index (χ2n) is 21.5. The minimum Gasteiger partial charge on any atom is -0.456 e. The molecule has 3 rings (SSSR count). The third kappa shape index (κ3) is 28.5. The number of nitrogens with zero attached hydrogens (tertiary/aromatic N) is 1. The first-order chi connectivity index (χ1) is 37.2. The predicted octanol–water partition coefficient (Wildman–Crippen LogP) is 8.24. The van der Waals surface area contributed by atoms with Crippen molar-refractivity contribution in [1.82, 2.24) is 26.2 Å². The van der Waals surface area contributed by atoms with Gasteiger partial charge in [0.15, 0.2) is 11.6 Å². The number of ketones is 4. The summed E-state index contributed by atoms with van der Waals surface area (Å²) in [7, 11) is 0. The highest BCUT2D eigenvalue weighted by Crippen LogP contribution is 2.30. The highest BCUT2D eigenvalue weighted by atomic mass is 32.2. The Morgan fingerprint density at radius 1 is 0.593 bits per heavy atom. The van der Waals surface area contributed by atoms with Gasteiger partial charge in [-0.1, -0.05) is 116 Å². The summed E-state index contributed by atoms with van der Waals surface area (Å²) in [6.07, 6.45) is 7.46. The summed E-state index contributed by atoms with van der Waals surface area (Å²) >= 11 is 14.0. The molecule has 4 amide bonds. The van der Waals surface area contributed by atoms with E-state index in [-0.39, 0.29) is 123 Å². The quantitative estimate of drug-likeness (QED) is 0.0375. The van der Waals surface area contributed by atoms with Crippen molar-refractivity contribution < 1.29 is 57.4 Å². The van der Waals surface area contributed by atoms with Crippen molar-refractivity contribution in [3.8, 4) is 0 Å². The minimum atomic E-state index is -0.977. The Balaban J connectivity index is 0. The summed E-state index contributed by atoms with van der Waals surface area (Å²) in [6.45, 7) is 28.1. The molecule has 0 radical (unpaired) electrons. The van der Waals surface area contributed by atoms with Gasteiger partial charge in [0.05, 0.1) is 18.0 Å². The second kappa shape index (κ2) is 42.0. The van der Waals surface area contributed by atoms with Crippen LogP contribution in [-0.2, 0) is 57.4 Å². The lowest BCUT2D eigenvalue weighted by Gasteiger charge is -2.27. The molecule has 10 atom stereocenters. The normalized spacial score (nSPS) is 26.9. The van der Waals surface area contributed by atoms with Crippen molar-refractivity contribution in [1.29, 1.82) is 0 Å². The second-order valence-corrected chi connectivity index (χ2v) is 24.2. The Bertz CT molecular complexity index is 2110. The summed E-state index contributed by atoms with van der Waals surface area (Å²) in [5.41, 5.74) is 0.174. The molecule has 21 heteroatoms. The number of cyclic esters (lactones) is 2. The smallest absolute Gasteiger partial charge is 0.329 e. The van der Waals surface area contributed by atoms with Crippen LogP contribution in [-0.4, -0.2) is 148 Å². The minimum absolute atomic E-state index is 0. The molecule has 0 aromatic heterocycles. The zero-order chi connectivity index (χ0) is 60.1. The number of esters is 2. The molecule has 3 heterocycles. The first-order valence-corrected chi connectivity index (χ1v) is 31.0. The van der Waals surface area contributed by atoms with Crippen LogP contribution in [0.5, 0.6) is 0 Å². The number of thioether (sulfide) groups is 1. The van der Waals surface area contributed by atoms with Gasteiger partial charge >= 0.3 is 11.9 Å². The molecule has 17 nitrogen and oxygen atoms in total. The molecular formula is C60H103N5O12S4. The van der Waals surface area contributed by atoms with Gasteiger partial charge in [-0.3, -0.25) is 38.4 Å². The maximum atomic E-state index is 13.2. The number of Topliss-reactive ketones (excluding diaryl/α,β-unsaturated/α-hetero) is 4. The van der Waals surface area contributed by atoms with E-state index in [0.29, 0.717) is 30.1 Å². The predicted molar refractivity (Wildman–Crippen MR) is 337 cm³/mol. The topological polar surface area (TPSA) is 241 Å². The van der Waals surface area contributed by atoms with Crippen LogP contribution in [0.15, 0.2) is 36.0 Å². The monoisotopic (exact) mass is 1210 g/mol. The van der Waals surface area contributed by atoms with Gasteiger partial charge in [-0.15, -0.1) is 0 Å². The molecule has 2 bridgehead atoms. The average molecular weight is 1210 g/mol. The maximum Gasteiger partial charge on any atom is 0.329 e. The van der Waals surface area contributed by atoms with Crippen molar-refractivity contribution in [2.24, 2.45) is 41.4 Å². The molecule has 464 valence electrons. The summed E-state index contributed by atoms with van der Waals surface area (Å²) in [6, 6.07) is -3.55. The Morgan fingerprint density at radius 2 is 1.04 bits per heavy atom. The van der Waals surface area contributed by atoms with Crippen LogP contribution in [0.3, 0.4) is 0 Å². The zero-order valence-corrected chi connectivity index (χ0v) is 52.7. The van der Waals surface area contributed by atoms with E-state index in [9.17, 15) is 47.9 Å². The number of carbonyl (C=O) groups is 10. The Labute approximate surface area is 507 Å². The fraction of sp³-hybridized carbons (Fsp3) is 0.733. The van der Waals surface area contributed by atoms with Crippen molar-refractivity contribution in [3.63, 3.8) is 0 Å². The number of hydrogen-bond donors (Lipinski definition) is 7. The molecule has 0 aliphatic carbocycles. The van der Waals surface area contributed by atoms with E-state index >= 15 is 0 Å². The van der Waals surface area contributed by atoms with Crippen LogP contribution >= 0.6 is 49.6 Å². The van der Waals surface area contributed by atoms with Gasteiger partial charge in [0.25, 0.3) is 0 Å². The fourth-order valence-corrected chi connectivity index (χ4v) is 10.5. The fourth-order valence-electron chi connectivity index (χ4n) is 8.74. The van der Waals surface area contributed by atoms with Crippen molar-refractivity contribution in [3.05, 3.63) is 36.0 Å². The van der Waals surface area contributed by atoms with Crippen molar-refractivity contribution in [2.45, 2.75) is 198 Å². The van der Waals surface area contributed by atoms with E-state index in [2.05, 4.69) is 84.8 Å². The molecule has 4 N–H and O–H groups in total. The molecule has 2 unspecified atom stereocenters. The number of rotatable bonds is 14. The van der Waals surface area contributed by atoms with E-state index in [0.717, 1.165) is 0 Å². The molecule has 3 saturated heterocycles. The molecule has 3 aliphatic heterocycles. The van der Waals surface area contributed by atoms with Gasteiger partial charge < -0.3 is 35.6 Å². The van der Waals surface area contributed by atoms with Gasteiger partial charge in [0.1, 0.15) is 35.9 Å². The molecule has 81 heavy (non-hydrogen) atoms. The largest absolute Gasteiger partial charge is 0.456 e. The van der Waals surface area contributed by atoms with E-state index < -0.39 is 83.8 Å². The number of thiol groups is 3. The van der Waals surface area contributed by atoms with Crippen molar-refractivity contribution >= 4 is 108 Å². The van der Waals surface area contributed by atoms with E-state index in [1.807, 2.05) is 34.6 Å². The standard InChI is InChI=1S/2C26H40N2O6S2.C6H15N.2CH4/c1-14(2)19-11-17(29)10-18(8-6-7-9-35)34-26(33)23(15(3)4)28-25(32)20-12-22(30)21(27-24(19)31)13-36-16(20)5;1-6-17-11-22(30)21(14-36)27-25(32)20(15(2)3)13-18(29)12-19(9-7-8-10-35)34-26(33)23(16(4)5)28-24(17)31;1-4-7(5-2)6-3;;/h6,8,14-16,18-21,23,35H,7,9-13H2,1-5H3,(H,27,31)(H,28,32);6-7,9,15-16,19-21,23,35-36H,8,10-14H2,1-5H3,(H,27,32)(H,28,31);4-6H2,1-3H3;2*1H4/b8-6+;9-7+,17-6+;;;/t16?,18-,19-,20?,21-,23+;19-,20-,21-,23+;;;/m11.../s1. The molecule has 0 aromatic rings. The highest BCUT2D eigenvalue weighted by Gasteiger charge is 2.40. The van der Waals surface area contributed by atoms with Crippen LogP contribution in [0, 0.1) is 41.4 Å². The molecule has 0 saturated carbocycles. The first-order valence-electron chi connectivity index (χ1n) is 28.1. The lowest BCUT2D eigenvalue weighted by molar-refractivity contribution is -0.154. The number of ether oxygens (including phenoxy) is 2. The third-order valence-electron chi connectivity index (χ3n) is 14.1. The van der Waals surface area contributed by atoms with Crippen LogP contribution < -0.4 is 21.3 Å². The third-order valence-corrected chi connectivity index (χ3v) is 16.3.